The number of rotatable bonds is 5. The van der Waals surface area contributed by atoms with Crippen LogP contribution in [0, 0.1) is 0 Å². The van der Waals surface area contributed by atoms with E-state index < -0.39 is 0 Å². The summed E-state index contributed by atoms with van der Waals surface area (Å²) < 4.78 is 5.53. The van der Waals surface area contributed by atoms with E-state index in [0.29, 0.717) is 0 Å². The molecule has 3 heterocycles. The van der Waals surface area contributed by atoms with E-state index in [1.165, 1.54) is 39.9 Å². The minimum absolute atomic E-state index is 0.756. The molecular weight excluding hydrogens is 416 g/mol. The van der Waals surface area contributed by atoms with Crippen LogP contribution in [0.1, 0.15) is 35.2 Å². The number of benzene rings is 1. The van der Waals surface area contributed by atoms with Gasteiger partial charge in [-0.05, 0) is 43.0 Å². The summed E-state index contributed by atoms with van der Waals surface area (Å²) >= 11 is 8.11. The molecule has 5 rings (SSSR count). The van der Waals surface area contributed by atoms with E-state index in [-0.39, 0.29) is 0 Å². The number of methoxy groups -OCH3 is 1. The summed E-state index contributed by atoms with van der Waals surface area (Å²) in [5, 5.41) is 2.08. The molecule has 0 saturated carbocycles. The third-order valence-electron chi connectivity index (χ3n) is 6.22. The van der Waals surface area contributed by atoms with Crippen LogP contribution in [-0.4, -0.2) is 48.2 Å². The summed E-state index contributed by atoms with van der Waals surface area (Å²) in [6.07, 6.45) is 4.51. The Morgan fingerprint density at radius 1 is 1.13 bits per heavy atom. The molecule has 2 aromatic heterocycles. The monoisotopic (exact) mass is 442 g/mol. The van der Waals surface area contributed by atoms with Crippen molar-refractivity contribution in [1.29, 1.82) is 0 Å². The number of thiophene rings is 1. The van der Waals surface area contributed by atoms with Gasteiger partial charge in [-0.2, -0.15) is 0 Å². The Bertz CT molecular complexity index is 1070. The average molecular weight is 443 g/mol. The summed E-state index contributed by atoms with van der Waals surface area (Å²) in [4.78, 5) is 17.5. The Labute approximate surface area is 186 Å². The molecule has 1 aromatic carbocycles. The molecule has 0 N–H and O–H groups in total. The molecule has 1 saturated heterocycles. The lowest BCUT2D eigenvalue weighted by atomic mass is 10.1. The van der Waals surface area contributed by atoms with Gasteiger partial charge in [-0.15, -0.1) is 11.3 Å². The van der Waals surface area contributed by atoms with Crippen LogP contribution in [0.3, 0.4) is 0 Å². The second-order valence-electron chi connectivity index (χ2n) is 8.07. The van der Waals surface area contributed by atoms with E-state index >= 15 is 0 Å². The van der Waals surface area contributed by atoms with E-state index in [4.69, 9.17) is 26.3 Å². The zero-order valence-electron chi connectivity index (χ0n) is 17.6. The lowest BCUT2D eigenvalue weighted by Gasteiger charge is -2.36. The van der Waals surface area contributed by atoms with E-state index in [0.717, 1.165) is 67.1 Å². The number of piperazine rings is 1. The van der Waals surface area contributed by atoms with E-state index in [1.807, 2.05) is 29.5 Å². The lowest BCUT2D eigenvalue weighted by Crippen LogP contribution is -2.46. The molecule has 5 nitrogen and oxygen atoms in total. The van der Waals surface area contributed by atoms with Gasteiger partial charge in [0, 0.05) is 54.6 Å². The Balaban J connectivity index is 1.37. The highest BCUT2D eigenvalue weighted by molar-refractivity contribution is 7.19. The maximum absolute atomic E-state index is 6.22. The van der Waals surface area contributed by atoms with Crippen LogP contribution in [0.2, 0.25) is 5.02 Å². The Morgan fingerprint density at radius 2 is 1.97 bits per heavy atom. The van der Waals surface area contributed by atoms with Crippen molar-refractivity contribution in [2.75, 3.05) is 38.2 Å². The number of hydrogen-bond donors (Lipinski definition) is 0. The number of nitrogens with zero attached hydrogens (tertiary/aromatic N) is 4. The molecule has 158 valence electrons. The first-order chi connectivity index (χ1) is 14.7. The van der Waals surface area contributed by atoms with Crippen LogP contribution < -0.4 is 9.64 Å². The molecule has 0 atom stereocenters. The third-order valence-corrected chi connectivity index (χ3v) is 7.64. The lowest BCUT2D eigenvalue weighted by molar-refractivity contribution is 0.245. The quantitative estimate of drug-likeness (QED) is 0.571. The van der Waals surface area contributed by atoms with Crippen molar-refractivity contribution in [1.82, 2.24) is 14.9 Å². The summed E-state index contributed by atoms with van der Waals surface area (Å²) in [7, 11) is 1.72. The normalized spacial score (nSPS) is 17.0. The van der Waals surface area contributed by atoms with Gasteiger partial charge in [0.1, 0.15) is 22.2 Å². The molecule has 0 bridgehead atoms. The molecule has 1 aliphatic carbocycles. The smallest absolute Gasteiger partial charge is 0.141 e. The first-order valence-electron chi connectivity index (χ1n) is 10.8. The van der Waals surface area contributed by atoms with Crippen molar-refractivity contribution >= 4 is 39.0 Å². The van der Waals surface area contributed by atoms with Crippen molar-refractivity contribution in [2.45, 2.75) is 39.2 Å². The van der Waals surface area contributed by atoms with Crippen molar-refractivity contribution in [3.63, 3.8) is 0 Å². The average Bonchev–Trinajstić information content (AvgIpc) is 3.35. The third kappa shape index (κ3) is 3.66. The van der Waals surface area contributed by atoms with Gasteiger partial charge in [0.15, 0.2) is 0 Å². The maximum Gasteiger partial charge on any atom is 0.141 e. The molecule has 0 amide bonds. The largest absolute Gasteiger partial charge is 0.496 e. The molecule has 7 heteroatoms. The molecule has 0 spiro atoms. The standard InChI is InChI=1S/C23H27ClN4OS/c1-3-20-25-22(21-17-5-4-6-19(17)30-23(21)26-20)28-11-9-27(10-12-28)14-15-13-16(24)7-8-18(15)29-2/h7-8,13H,3-6,9-12,14H2,1-2H3. The van der Waals surface area contributed by atoms with Crippen LogP contribution in [0.4, 0.5) is 5.82 Å². The van der Waals surface area contributed by atoms with E-state index in [9.17, 15) is 0 Å². The molecule has 2 aliphatic rings. The van der Waals surface area contributed by atoms with Gasteiger partial charge in [0.05, 0.1) is 12.5 Å². The van der Waals surface area contributed by atoms with Gasteiger partial charge in [-0.1, -0.05) is 18.5 Å². The molecule has 1 aliphatic heterocycles. The summed E-state index contributed by atoms with van der Waals surface area (Å²) in [5.41, 5.74) is 2.66. The van der Waals surface area contributed by atoms with Gasteiger partial charge in [-0.3, -0.25) is 4.90 Å². The number of halogens is 1. The van der Waals surface area contributed by atoms with Gasteiger partial charge in [0.2, 0.25) is 0 Å². The number of aromatic nitrogens is 2. The van der Waals surface area contributed by atoms with Crippen molar-refractivity contribution in [3.8, 4) is 5.75 Å². The predicted molar refractivity (Wildman–Crippen MR) is 124 cm³/mol. The van der Waals surface area contributed by atoms with E-state index in [2.05, 4.69) is 16.7 Å². The number of hydrogen-bond acceptors (Lipinski definition) is 6. The molecule has 3 aromatic rings. The van der Waals surface area contributed by atoms with Gasteiger partial charge in [-0.25, -0.2) is 9.97 Å². The minimum atomic E-state index is 0.756. The minimum Gasteiger partial charge on any atom is -0.496 e. The van der Waals surface area contributed by atoms with E-state index in [1.54, 1.807) is 7.11 Å². The fraction of sp³-hybridized carbons (Fsp3) is 0.478. The van der Waals surface area contributed by atoms with Crippen LogP contribution in [0.25, 0.3) is 10.2 Å². The SMILES string of the molecule is CCc1nc(N2CCN(Cc3cc(Cl)ccc3OC)CC2)c2c3c(sc2n1)CCC3. The molecular formula is C23H27ClN4OS. The highest BCUT2D eigenvalue weighted by Crippen LogP contribution is 2.41. The molecule has 30 heavy (non-hydrogen) atoms. The predicted octanol–water partition coefficient (Wildman–Crippen LogP) is 4.73. The molecule has 0 radical (unpaired) electrons. The summed E-state index contributed by atoms with van der Waals surface area (Å²) in [6, 6.07) is 5.85. The second-order valence-corrected chi connectivity index (χ2v) is 9.59. The van der Waals surface area contributed by atoms with Crippen LogP contribution in [0.5, 0.6) is 5.75 Å². The van der Waals surface area contributed by atoms with Crippen molar-refractivity contribution in [2.24, 2.45) is 0 Å². The highest BCUT2D eigenvalue weighted by Gasteiger charge is 2.27. The van der Waals surface area contributed by atoms with Crippen molar-refractivity contribution < 1.29 is 4.74 Å². The number of aryl methyl sites for hydroxylation is 3. The Kier molecular flexibility index (Phi) is 5.56. The zero-order chi connectivity index (χ0) is 20.7. The first-order valence-corrected chi connectivity index (χ1v) is 12.0. The molecule has 0 unspecified atom stereocenters. The summed E-state index contributed by atoms with van der Waals surface area (Å²) in [6.45, 7) is 6.93. The first kappa shape index (κ1) is 20.0. The topological polar surface area (TPSA) is 41.5 Å². The number of fused-ring (bicyclic) bond motifs is 3. The Morgan fingerprint density at radius 3 is 2.73 bits per heavy atom. The zero-order valence-corrected chi connectivity index (χ0v) is 19.2. The summed E-state index contributed by atoms with van der Waals surface area (Å²) in [5.74, 6) is 3.03. The van der Waals surface area contributed by atoms with Gasteiger partial charge >= 0.3 is 0 Å². The number of anilines is 1. The van der Waals surface area contributed by atoms with Gasteiger partial charge < -0.3 is 9.64 Å². The highest BCUT2D eigenvalue weighted by atomic mass is 35.5. The number of ether oxygens (including phenoxy) is 1. The fourth-order valence-electron chi connectivity index (χ4n) is 4.64. The van der Waals surface area contributed by atoms with Crippen LogP contribution >= 0.6 is 22.9 Å². The van der Waals surface area contributed by atoms with Crippen LogP contribution in [-0.2, 0) is 25.8 Å². The molecule has 1 fully saturated rings. The van der Waals surface area contributed by atoms with Gasteiger partial charge in [0.25, 0.3) is 0 Å². The second kappa shape index (κ2) is 8.33. The Hall–Kier alpha value is -1.89. The van der Waals surface area contributed by atoms with Crippen molar-refractivity contribution in [3.05, 3.63) is 45.1 Å². The fourth-order valence-corrected chi connectivity index (χ4v) is 6.11. The maximum atomic E-state index is 6.22. The van der Waals surface area contributed by atoms with Crippen LogP contribution in [0.15, 0.2) is 18.2 Å².